The summed E-state index contributed by atoms with van der Waals surface area (Å²) in [6, 6.07) is 56.4. The predicted octanol–water partition coefficient (Wildman–Crippen LogP) is 15.1. The molecule has 252 valence electrons. The molecule has 53 heavy (non-hydrogen) atoms. The molecule has 0 saturated heterocycles. The van der Waals surface area contributed by atoms with Crippen LogP contribution in [0.15, 0.2) is 180 Å². The van der Waals surface area contributed by atoms with E-state index in [2.05, 4.69) is 184 Å². The number of fused-ring (bicyclic) bond motifs is 3. The first-order valence-electron chi connectivity index (χ1n) is 18.7. The minimum atomic E-state index is 1.09. The van der Waals surface area contributed by atoms with Crippen molar-refractivity contribution in [1.82, 2.24) is 0 Å². The van der Waals surface area contributed by atoms with Gasteiger partial charge < -0.3 is 0 Å². The summed E-state index contributed by atoms with van der Waals surface area (Å²) in [6.07, 6.45) is 9.20. The molecule has 0 bridgehead atoms. The van der Waals surface area contributed by atoms with Crippen LogP contribution in [-0.2, 0) is 0 Å². The lowest BCUT2D eigenvalue weighted by atomic mass is 9.84. The normalized spacial score (nSPS) is 13.3. The highest BCUT2D eigenvalue weighted by Gasteiger charge is 2.24. The van der Waals surface area contributed by atoms with Crippen molar-refractivity contribution in [2.24, 2.45) is 0 Å². The number of aryl methyl sites for hydroxylation is 2. The fourth-order valence-electron chi connectivity index (χ4n) is 8.75. The molecule has 1 heteroatoms. The third-order valence-electron chi connectivity index (χ3n) is 11.2. The Balaban J connectivity index is 1.12. The van der Waals surface area contributed by atoms with Gasteiger partial charge in [0.1, 0.15) is 0 Å². The first kappa shape index (κ1) is 31.8. The van der Waals surface area contributed by atoms with Gasteiger partial charge in [0.2, 0.25) is 0 Å². The Kier molecular flexibility index (Phi) is 7.78. The van der Waals surface area contributed by atoms with E-state index in [1.165, 1.54) is 109 Å². The molecule has 0 spiro atoms. The Morgan fingerprint density at radius 1 is 0.415 bits per heavy atom. The van der Waals surface area contributed by atoms with Gasteiger partial charge in [0.25, 0.3) is 0 Å². The molecule has 0 nitrogen and oxygen atoms in total. The molecule has 10 rings (SSSR count). The number of allylic oxidation sites excluding steroid dienone is 4. The van der Waals surface area contributed by atoms with E-state index in [0.29, 0.717) is 0 Å². The second-order valence-corrected chi connectivity index (χ2v) is 15.4. The van der Waals surface area contributed by atoms with E-state index in [9.17, 15) is 0 Å². The van der Waals surface area contributed by atoms with Crippen molar-refractivity contribution in [1.29, 1.82) is 0 Å². The zero-order valence-corrected chi connectivity index (χ0v) is 30.8. The molecule has 0 amide bonds. The highest BCUT2D eigenvalue weighted by molar-refractivity contribution is 7.99. The molecule has 0 unspecified atom stereocenters. The fraction of sp³-hybridized carbons (Fsp3) is 0.0769. The molecule has 1 aliphatic carbocycles. The average Bonchev–Trinajstić information content (AvgIpc) is 3.22. The summed E-state index contributed by atoms with van der Waals surface area (Å²) in [6.45, 7) is 4.59. The lowest BCUT2D eigenvalue weighted by molar-refractivity contribution is 1.04. The van der Waals surface area contributed by atoms with Gasteiger partial charge in [-0.25, -0.2) is 0 Å². The van der Waals surface area contributed by atoms with E-state index >= 15 is 0 Å². The molecule has 0 fully saturated rings. The van der Waals surface area contributed by atoms with Gasteiger partial charge in [0.15, 0.2) is 0 Å². The molecule has 8 aromatic carbocycles. The summed E-state index contributed by atoms with van der Waals surface area (Å²) < 4.78 is 0. The molecular formula is C52H38S. The number of hydrogen-bond donors (Lipinski definition) is 0. The molecule has 0 saturated carbocycles. The molecule has 1 heterocycles. The summed E-state index contributed by atoms with van der Waals surface area (Å²) in [4.78, 5) is 2.63. The topological polar surface area (TPSA) is 0 Å². The second-order valence-electron chi connectivity index (χ2n) is 14.4. The molecule has 1 aliphatic heterocycles. The SMILES string of the molecule is Cc1cc2c(cc1-c1c(C)cc(-c3ccccc3C3=CCCC=C3)c3ccccc13)Sc1cccc3c(-c4ccccc4-c4ccccc4)ccc-2c13. The first-order valence-corrected chi connectivity index (χ1v) is 19.5. The summed E-state index contributed by atoms with van der Waals surface area (Å²) in [5, 5.41) is 5.26. The van der Waals surface area contributed by atoms with Gasteiger partial charge in [-0.1, -0.05) is 163 Å². The third kappa shape index (κ3) is 5.30. The van der Waals surface area contributed by atoms with E-state index < -0.39 is 0 Å². The summed E-state index contributed by atoms with van der Waals surface area (Å²) >= 11 is 1.91. The lowest BCUT2D eigenvalue weighted by Gasteiger charge is -2.25. The van der Waals surface area contributed by atoms with Gasteiger partial charge in [-0.15, -0.1) is 0 Å². The Labute approximate surface area is 316 Å². The van der Waals surface area contributed by atoms with Gasteiger partial charge in [-0.2, -0.15) is 0 Å². The number of rotatable bonds is 5. The zero-order chi connectivity index (χ0) is 35.5. The van der Waals surface area contributed by atoms with Crippen LogP contribution in [0.3, 0.4) is 0 Å². The molecular weight excluding hydrogens is 657 g/mol. The highest BCUT2D eigenvalue weighted by Crippen LogP contribution is 2.52. The molecule has 2 aliphatic rings. The lowest BCUT2D eigenvalue weighted by Crippen LogP contribution is -1.99. The van der Waals surface area contributed by atoms with Crippen molar-refractivity contribution >= 4 is 38.9 Å². The van der Waals surface area contributed by atoms with Crippen molar-refractivity contribution in [2.45, 2.75) is 36.5 Å². The monoisotopic (exact) mass is 694 g/mol. The highest BCUT2D eigenvalue weighted by atomic mass is 32.2. The van der Waals surface area contributed by atoms with Crippen molar-refractivity contribution < 1.29 is 0 Å². The molecule has 8 aromatic rings. The van der Waals surface area contributed by atoms with Crippen molar-refractivity contribution in [3.63, 3.8) is 0 Å². The van der Waals surface area contributed by atoms with Crippen molar-refractivity contribution in [2.75, 3.05) is 0 Å². The van der Waals surface area contributed by atoms with E-state index in [-0.39, 0.29) is 0 Å². The minimum Gasteiger partial charge on any atom is -0.0888 e. The third-order valence-corrected chi connectivity index (χ3v) is 12.3. The van der Waals surface area contributed by atoms with Crippen LogP contribution in [0.4, 0.5) is 0 Å². The van der Waals surface area contributed by atoms with Gasteiger partial charge in [0, 0.05) is 15.2 Å². The Bertz CT molecular complexity index is 2820. The largest absolute Gasteiger partial charge is 0.0888 e. The van der Waals surface area contributed by atoms with Gasteiger partial charge >= 0.3 is 0 Å². The van der Waals surface area contributed by atoms with Crippen LogP contribution in [-0.4, -0.2) is 0 Å². The predicted molar refractivity (Wildman–Crippen MR) is 229 cm³/mol. The van der Waals surface area contributed by atoms with E-state index in [4.69, 9.17) is 0 Å². The smallest absolute Gasteiger partial charge is 0.0207 e. The summed E-state index contributed by atoms with van der Waals surface area (Å²) in [7, 11) is 0. The minimum absolute atomic E-state index is 1.09. The van der Waals surface area contributed by atoms with Crippen molar-refractivity contribution in [3.05, 3.63) is 187 Å². The maximum atomic E-state index is 2.47. The van der Waals surface area contributed by atoms with Crippen LogP contribution in [0.25, 0.3) is 82.8 Å². The maximum Gasteiger partial charge on any atom is 0.0207 e. The molecule has 0 N–H and O–H groups in total. The summed E-state index contributed by atoms with van der Waals surface area (Å²) in [5.41, 5.74) is 18.2. The van der Waals surface area contributed by atoms with E-state index in [1.54, 1.807) is 0 Å². The van der Waals surface area contributed by atoms with Gasteiger partial charge in [-0.3, -0.25) is 0 Å². The van der Waals surface area contributed by atoms with Gasteiger partial charge in [-0.05, 0) is 139 Å². The fourth-order valence-corrected chi connectivity index (χ4v) is 9.91. The van der Waals surface area contributed by atoms with Gasteiger partial charge in [0.05, 0.1) is 0 Å². The quantitative estimate of drug-likeness (QED) is 0.173. The van der Waals surface area contributed by atoms with E-state index in [0.717, 1.165) is 12.8 Å². The molecule has 0 atom stereocenters. The van der Waals surface area contributed by atoms with E-state index in [1.807, 2.05) is 11.8 Å². The van der Waals surface area contributed by atoms with Crippen LogP contribution in [0, 0.1) is 13.8 Å². The molecule has 0 radical (unpaired) electrons. The Hall–Kier alpha value is -5.89. The van der Waals surface area contributed by atoms with Crippen LogP contribution in [0.5, 0.6) is 0 Å². The van der Waals surface area contributed by atoms with Crippen LogP contribution < -0.4 is 0 Å². The second kappa shape index (κ2) is 13.0. The average molecular weight is 695 g/mol. The molecule has 0 aromatic heterocycles. The van der Waals surface area contributed by atoms with Crippen molar-refractivity contribution in [3.8, 4) is 55.6 Å². The van der Waals surface area contributed by atoms with Crippen LogP contribution >= 0.6 is 11.8 Å². The Morgan fingerprint density at radius 3 is 1.87 bits per heavy atom. The maximum absolute atomic E-state index is 2.47. The standard InChI is InChI=1S/C52H38S/c1-33-30-48-45-29-28-42(39-22-11-9-20-37(39)35-16-5-3-6-17-35)44-26-15-27-49(52(44)45)53-50(48)32-46(33)51-34(2)31-47(41-24-13-14-25-43(41)51)40-23-12-10-21-38(40)36-18-7-4-8-19-36/h3,5-7,9-32H,4,8H2,1-2H3. The number of hydrogen-bond acceptors (Lipinski definition) is 1. The number of benzene rings is 8. The zero-order valence-electron chi connectivity index (χ0n) is 30.0. The first-order chi connectivity index (χ1) is 26.1. The Morgan fingerprint density at radius 2 is 1.08 bits per heavy atom. The summed E-state index contributed by atoms with van der Waals surface area (Å²) in [5.74, 6) is 0. The van der Waals surface area contributed by atoms with Crippen LogP contribution in [0.1, 0.15) is 29.5 Å². The van der Waals surface area contributed by atoms with Crippen LogP contribution in [0.2, 0.25) is 0 Å².